The fourth-order valence-electron chi connectivity index (χ4n) is 2.26. The van der Waals surface area contributed by atoms with E-state index in [9.17, 15) is 0 Å². The Labute approximate surface area is 126 Å². The second-order valence-electron chi connectivity index (χ2n) is 5.10. The van der Waals surface area contributed by atoms with Crippen molar-refractivity contribution in [3.63, 3.8) is 0 Å². The van der Waals surface area contributed by atoms with Gasteiger partial charge in [-0.05, 0) is 38.0 Å². The van der Waals surface area contributed by atoms with E-state index in [2.05, 4.69) is 32.0 Å². The van der Waals surface area contributed by atoms with Crippen LogP contribution in [0.5, 0.6) is 11.5 Å². The lowest BCUT2D eigenvalue weighted by Crippen LogP contribution is -2.06. The molecule has 0 amide bonds. The zero-order chi connectivity index (χ0) is 15.2. The average molecular weight is 285 g/mol. The molecule has 0 aliphatic heterocycles. The first kappa shape index (κ1) is 15.4. The van der Waals surface area contributed by atoms with Gasteiger partial charge in [0.1, 0.15) is 6.61 Å². The zero-order valence-electron chi connectivity index (χ0n) is 13.0. The largest absolute Gasteiger partial charge is 0.490 e. The maximum Gasteiger partial charge on any atom is 0.166 e. The molecule has 21 heavy (non-hydrogen) atoms. The van der Waals surface area contributed by atoms with Crippen molar-refractivity contribution < 1.29 is 9.47 Å². The molecule has 0 radical (unpaired) electrons. The molecule has 0 atom stereocenters. The molecular weight excluding hydrogens is 262 g/mol. The van der Waals surface area contributed by atoms with Crippen molar-refractivity contribution in [2.75, 3.05) is 6.61 Å². The van der Waals surface area contributed by atoms with Gasteiger partial charge in [0.25, 0.3) is 0 Å². The van der Waals surface area contributed by atoms with Gasteiger partial charge < -0.3 is 15.2 Å². The van der Waals surface area contributed by atoms with Crippen LogP contribution in [-0.2, 0) is 13.2 Å². The Morgan fingerprint density at radius 2 is 1.81 bits per heavy atom. The van der Waals surface area contributed by atoms with Gasteiger partial charge in [0.05, 0.1) is 6.61 Å². The third-order valence-corrected chi connectivity index (χ3v) is 3.46. The van der Waals surface area contributed by atoms with Crippen molar-refractivity contribution in [1.82, 2.24) is 0 Å². The number of benzene rings is 2. The molecule has 2 rings (SSSR count). The average Bonchev–Trinajstić information content (AvgIpc) is 2.49. The summed E-state index contributed by atoms with van der Waals surface area (Å²) in [4.78, 5) is 0. The summed E-state index contributed by atoms with van der Waals surface area (Å²) < 4.78 is 11.7. The molecule has 2 aromatic rings. The molecule has 3 heteroatoms. The van der Waals surface area contributed by atoms with E-state index < -0.39 is 0 Å². The highest BCUT2D eigenvalue weighted by atomic mass is 16.5. The molecular formula is C18H23NO2. The first-order valence-electron chi connectivity index (χ1n) is 7.29. The van der Waals surface area contributed by atoms with E-state index in [0.29, 0.717) is 19.8 Å². The number of ether oxygens (including phenoxy) is 2. The maximum atomic E-state index is 6.03. The van der Waals surface area contributed by atoms with Crippen LogP contribution in [0.1, 0.15) is 29.2 Å². The first-order valence-corrected chi connectivity index (χ1v) is 7.29. The van der Waals surface area contributed by atoms with Crippen LogP contribution in [0, 0.1) is 13.8 Å². The van der Waals surface area contributed by atoms with Gasteiger partial charge in [-0.2, -0.15) is 0 Å². The lowest BCUT2D eigenvalue weighted by Gasteiger charge is -2.16. The van der Waals surface area contributed by atoms with Gasteiger partial charge in [0, 0.05) is 12.1 Å². The van der Waals surface area contributed by atoms with Crippen LogP contribution in [0.2, 0.25) is 0 Å². The van der Waals surface area contributed by atoms with Crippen LogP contribution in [0.25, 0.3) is 0 Å². The number of hydrogen-bond acceptors (Lipinski definition) is 3. The molecule has 0 fully saturated rings. The number of nitrogens with two attached hydrogens (primary N) is 1. The van der Waals surface area contributed by atoms with Crippen LogP contribution >= 0.6 is 0 Å². The minimum Gasteiger partial charge on any atom is -0.490 e. The van der Waals surface area contributed by atoms with Crippen molar-refractivity contribution in [1.29, 1.82) is 0 Å². The normalized spacial score (nSPS) is 10.5. The molecule has 0 aliphatic carbocycles. The molecule has 2 aromatic carbocycles. The van der Waals surface area contributed by atoms with Gasteiger partial charge in [-0.3, -0.25) is 0 Å². The Hall–Kier alpha value is -2.00. The lowest BCUT2D eigenvalue weighted by molar-refractivity contribution is 0.266. The fourth-order valence-corrected chi connectivity index (χ4v) is 2.26. The quantitative estimate of drug-likeness (QED) is 0.879. The van der Waals surface area contributed by atoms with Crippen LogP contribution < -0.4 is 15.2 Å². The summed E-state index contributed by atoms with van der Waals surface area (Å²) in [7, 11) is 0. The van der Waals surface area contributed by atoms with Gasteiger partial charge in [-0.1, -0.05) is 35.9 Å². The minimum atomic E-state index is 0.434. The monoisotopic (exact) mass is 285 g/mol. The van der Waals surface area contributed by atoms with E-state index >= 15 is 0 Å². The Bertz CT molecular complexity index is 608. The Kier molecular flexibility index (Phi) is 5.23. The molecule has 0 saturated heterocycles. The van der Waals surface area contributed by atoms with Crippen molar-refractivity contribution >= 4 is 0 Å². The fraction of sp³-hybridized carbons (Fsp3) is 0.333. The summed E-state index contributed by atoms with van der Waals surface area (Å²) in [5.74, 6) is 1.51. The van der Waals surface area contributed by atoms with Crippen LogP contribution in [0.15, 0.2) is 36.4 Å². The molecule has 2 N–H and O–H groups in total. The summed E-state index contributed by atoms with van der Waals surface area (Å²) in [6.45, 7) is 7.70. The van der Waals surface area contributed by atoms with Gasteiger partial charge >= 0.3 is 0 Å². The second-order valence-corrected chi connectivity index (χ2v) is 5.10. The molecule has 112 valence electrons. The van der Waals surface area contributed by atoms with Crippen molar-refractivity contribution in [3.8, 4) is 11.5 Å². The van der Waals surface area contributed by atoms with Crippen LogP contribution in [0.4, 0.5) is 0 Å². The molecule has 0 aliphatic rings. The van der Waals surface area contributed by atoms with E-state index in [1.807, 2.05) is 25.1 Å². The highest BCUT2D eigenvalue weighted by molar-refractivity contribution is 5.47. The molecule has 0 unspecified atom stereocenters. The molecule has 0 heterocycles. The Balaban J connectivity index is 2.24. The van der Waals surface area contributed by atoms with Gasteiger partial charge in [0.15, 0.2) is 11.5 Å². The standard InChI is InChI=1S/C18H23NO2/c1-4-20-17-7-5-6-15(11-19)18(17)21-12-16-10-13(2)8-9-14(16)3/h5-10H,4,11-12,19H2,1-3H3. The Morgan fingerprint density at radius 3 is 2.52 bits per heavy atom. The van der Waals surface area contributed by atoms with Crippen molar-refractivity contribution in [2.45, 2.75) is 33.9 Å². The van der Waals surface area contributed by atoms with Gasteiger partial charge in [0.2, 0.25) is 0 Å². The molecule has 0 bridgehead atoms. The topological polar surface area (TPSA) is 44.5 Å². The van der Waals surface area contributed by atoms with E-state index in [-0.39, 0.29) is 0 Å². The Morgan fingerprint density at radius 1 is 1.00 bits per heavy atom. The summed E-state index contributed by atoms with van der Waals surface area (Å²) >= 11 is 0. The predicted molar refractivity (Wildman–Crippen MR) is 85.8 cm³/mol. The summed E-state index contributed by atoms with van der Waals surface area (Å²) in [5.41, 5.74) is 10.4. The highest BCUT2D eigenvalue weighted by Crippen LogP contribution is 2.32. The first-order chi connectivity index (χ1) is 10.2. The molecule has 0 aromatic heterocycles. The second kappa shape index (κ2) is 7.14. The summed E-state index contributed by atoms with van der Waals surface area (Å²) in [6, 6.07) is 12.2. The smallest absolute Gasteiger partial charge is 0.166 e. The lowest BCUT2D eigenvalue weighted by atomic mass is 10.1. The number of rotatable bonds is 6. The number of aryl methyl sites for hydroxylation is 2. The summed E-state index contributed by atoms with van der Waals surface area (Å²) in [5, 5.41) is 0. The van der Waals surface area contributed by atoms with E-state index in [1.54, 1.807) is 0 Å². The molecule has 0 saturated carbocycles. The SMILES string of the molecule is CCOc1cccc(CN)c1OCc1cc(C)ccc1C. The van der Waals surface area contributed by atoms with Crippen LogP contribution in [0.3, 0.4) is 0 Å². The van der Waals surface area contributed by atoms with Crippen molar-refractivity contribution in [3.05, 3.63) is 58.7 Å². The third-order valence-electron chi connectivity index (χ3n) is 3.46. The van der Waals surface area contributed by atoms with Gasteiger partial charge in [-0.15, -0.1) is 0 Å². The van der Waals surface area contributed by atoms with Crippen molar-refractivity contribution in [2.24, 2.45) is 5.73 Å². The third kappa shape index (κ3) is 3.76. The van der Waals surface area contributed by atoms with E-state index in [0.717, 1.165) is 17.1 Å². The zero-order valence-corrected chi connectivity index (χ0v) is 13.0. The maximum absolute atomic E-state index is 6.03. The van der Waals surface area contributed by atoms with Gasteiger partial charge in [-0.25, -0.2) is 0 Å². The van der Waals surface area contributed by atoms with Crippen LogP contribution in [-0.4, -0.2) is 6.61 Å². The number of para-hydroxylation sites is 1. The number of hydrogen-bond donors (Lipinski definition) is 1. The molecule has 3 nitrogen and oxygen atoms in total. The minimum absolute atomic E-state index is 0.434. The van der Waals surface area contributed by atoms with E-state index in [1.165, 1.54) is 16.7 Å². The summed E-state index contributed by atoms with van der Waals surface area (Å²) in [6.07, 6.45) is 0. The predicted octanol–water partition coefficient (Wildman–Crippen LogP) is 3.74. The highest BCUT2D eigenvalue weighted by Gasteiger charge is 2.11. The molecule has 0 spiro atoms. The van der Waals surface area contributed by atoms with E-state index in [4.69, 9.17) is 15.2 Å².